The van der Waals surface area contributed by atoms with Gasteiger partial charge in [-0.2, -0.15) is 0 Å². The van der Waals surface area contributed by atoms with Gasteiger partial charge in [0.15, 0.2) is 0 Å². The molecule has 2 heterocycles. The average molecular weight is 408 g/mol. The second-order valence-corrected chi connectivity index (χ2v) is 7.74. The number of halogens is 1. The summed E-state index contributed by atoms with van der Waals surface area (Å²) in [5, 5.41) is 9.34. The van der Waals surface area contributed by atoms with Gasteiger partial charge in [-0.15, -0.1) is 11.8 Å². The minimum Gasteiger partial charge on any atom is -0.478 e. The highest BCUT2D eigenvalue weighted by Gasteiger charge is 2.36. The Morgan fingerprint density at radius 2 is 1.97 bits per heavy atom. The Labute approximate surface area is 171 Å². The molecule has 5 nitrogen and oxygen atoms in total. The number of carboxylic acids is 1. The zero-order chi connectivity index (χ0) is 20.5. The third kappa shape index (κ3) is 3.49. The van der Waals surface area contributed by atoms with Gasteiger partial charge in [0.05, 0.1) is 17.0 Å². The first kappa shape index (κ1) is 19.1. The predicted molar refractivity (Wildman–Crippen MR) is 110 cm³/mol. The number of carbonyl (C=O) groups excluding carboxylic acids is 1. The van der Waals surface area contributed by atoms with Gasteiger partial charge in [-0.3, -0.25) is 14.7 Å². The Balaban J connectivity index is 1.88. The van der Waals surface area contributed by atoms with Crippen molar-refractivity contribution in [2.45, 2.75) is 12.3 Å². The van der Waals surface area contributed by atoms with E-state index in [9.17, 15) is 19.1 Å². The topological polar surface area (TPSA) is 70.5 Å². The van der Waals surface area contributed by atoms with E-state index in [0.717, 1.165) is 11.1 Å². The third-order valence-corrected chi connectivity index (χ3v) is 6.07. The quantitative estimate of drug-likeness (QED) is 0.679. The highest BCUT2D eigenvalue weighted by molar-refractivity contribution is 8.00. The highest BCUT2D eigenvalue weighted by Crippen LogP contribution is 2.45. The zero-order valence-electron chi connectivity index (χ0n) is 15.5. The lowest BCUT2D eigenvalue weighted by Gasteiger charge is -2.27. The Morgan fingerprint density at radius 3 is 2.69 bits per heavy atom. The molecule has 0 bridgehead atoms. The number of aromatic carboxylic acids is 1. The Morgan fingerprint density at radius 1 is 1.21 bits per heavy atom. The van der Waals surface area contributed by atoms with Crippen molar-refractivity contribution < 1.29 is 19.1 Å². The minimum absolute atomic E-state index is 0.0952. The van der Waals surface area contributed by atoms with Crippen LogP contribution in [0.5, 0.6) is 0 Å². The molecule has 0 aliphatic carbocycles. The van der Waals surface area contributed by atoms with Gasteiger partial charge in [-0.05, 0) is 42.3 Å². The standard InChI is InChI=1S/C22H17FN2O3S/c1-13-3-2-4-16(22(27)28)20(13)17-11-24-10-9-18(17)25-19(26)12-29-21(25)14-5-7-15(23)8-6-14/h2-11,21H,12H2,1H3,(H,27,28). The number of hydrogen-bond donors (Lipinski definition) is 1. The van der Waals surface area contributed by atoms with Crippen molar-refractivity contribution in [3.63, 3.8) is 0 Å². The van der Waals surface area contributed by atoms with Crippen LogP contribution >= 0.6 is 11.8 Å². The number of aromatic nitrogens is 1. The van der Waals surface area contributed by atoms with Crippen molar-refractivity contribution >= 4 is 29.3 Å². The first-order valence-corrected chi connectivity index (χ1v) is 9.98. The molecule has 29 heavy (non-hydrogen) atoms. The lowest BCUT2D eigenvalue weighted by atomic mass is 9.94. The van der Waals surface area contributed by atoms with E-state index in [-0.39, 0.29) is 28.4 Å². The molecule has 1 unspecified atom stereocenters. The summed E-state index contributed by atoms with van der Waals surface area (Å²) in [6.07, 6.45) is 3.16. The van der Waals surface area contributed by atoms with Crippen molar-refractivity contribution in [1.82, 2.24) is 4.98 Å². The van der Waals surface area contributed by atoms with Crippen LogP contribution in [0.15, 0.2) is 60.9 Å². The van der Waals surface area contributed by atoms with Crippen LogP contribution < -0.4 is 4.90 Å². The molecule has 0 saturated carbocycles. The normalized spacial score (nSPS) is 16.3. The van der Waals surface area contributed by atoms with E-state index in [0.29, 0.717) is 16.8 Å². The summed E-state index contributed by atoms with van der Waals surface area (Å²) in [5.74, 6) is -1.20. The van der Waals surface area contributed by atoms with E-state index < -0.39 is 5.97 Å². The molecule has 4 rings (SSSR count). The largest absolute Gasteiger partial charge is 0.478 e. The molecule has 1 aliphatic rings. The molecule has 1 saturated heterocycles. The van der Waals surface area contributed by atoms with Gasteiger partial charge in [0, 0.05) is 23.5 Å². The molecule has 2 aromatic carbocycles. The van der Waals surface area contributed by atoms with Gasteiger partial charge in [-0.1, -0.05) is 24.3 Å². The number of pyridine rings is 1. The van der Waals surface area contributed by atoms with Crippen molar-refractivity contribution in [3.05, 3.63) is 83.4 Å². The van der Waals surface area contributed by atoms with Crippen LogP contribution in [0.4, 0.5) is 10.1 Å². The maximum atomic E-state index is 13.4. The number of rotatable bonds is 4. The summed E-state index contributed by atoms with van der Waals surface area (Å²) in [5.41, 5.74) is 3.42. The number of thioether (sulfide) groups is 1. The highest BCUT2D eigenvalue weighted by atomic mass is 32.2. The fourth-order valence-electron chi connectivity index (χ4n) is 3.55. The lowest BCUT2D eigenvalue weighted by Crippen LogP contribution is -2.28. The molecule has 7 heteroatoms. The maximum Gasteiger partial charge on any atom is 0.336 e. The summed E-state index contributed by atoms with van der Waals surface area (Å²) < 4.78 is 13.4. The van der Waals surface area contributed by atoms with Gasteiger partial charge in [-0.25, -0.2) is 9.18 Å². The number of carboxylic acid groups (broad SMARTS) is 1. The Hall–Kier alpha value is -3.19. The first-order valence-electron chi connectivity index (χ1n) is 8.94. The molecule has 0 spiro atoms. The summed E-state index contributed by atoms with van der Waals surface area (Å²) in [7, 11) is 0. The van der Waals surface area contributed by atoms with Crippen LogP contribution in [0, 0.1) is 12.7 Å². The molecular weight excluding hydrogens is 391 g/mol. The van der Waals surface area contributed by atoms with Gasteiger partial charge in [0.1, 0.15) is 11.2 Å². The second-order valence-electron chi connectivity index (χ2n) is 6.67. The maximum absolute atomic E-state index is 13.4. The van der Waals surface area contributed by atoms with Crippen molar-refractivity contribution in [3.8, 4) is 11.1 Å². The van der Waals surface area contributed by atoms with E-state index in [4.69, 9.17) is 0 Å². The molecular formula is C22H17FN2O3S. The molecule has 146 valence electrons. The number of carbonyl (C=O) groups is 2. The smallest absolute Gasteiger partial charge is 0.336 e. The fourth-order valence-corrected chi connectivity index (χ4v) is 4.72. The van der Waals surface area contributed by atoms with Crippen LogP contribution in [-0.4, -0.2) is 27.7 Å². The van der Waals surface area contributed by atoms with Crippen LogP contribution in [-0.2, 0) is 4.79 Å². The molecule has 0 radical (unpaired) electrons. The number of nitrogens with zero attached hydrogens (tertiary/aromatic N) is 2. The minimum atomic E-state index is -1.05. The van der Waals surface area contributed by atoms with Crippen molar-refractivity contribution in [2.75, 3.05) is 10.7 Å². The van der Waals surface area contributed by atoms with Crippen LogP contribution in [0.25, 0.3) is 11.1 Å². The first-order chi connectivity index (χ1) is 14.0. The van der Waals surface area contributed by atoms with E-state index in [1.54, 1.807) is 47.6 Å². The molecule has 1 fully saturated rings. The summed E-state index contributed by atoms with van der Waals surface area (Å²) >= 11 is 1.45. The molecule has 1 atom stereocenters. The van der Waals surface area contributed by atoms with Crippen LogP contribution in [0.1, 0.15) is 26.9 Å². The van der Waals surface area contributed by atoms with Gasteiger partial charge >= 0.3 is 5.97 Å². The van der Waals surface area contributed by atoms with Gasteiger partial charge < -0.3 is 5.11 Å². The second kappa shape index (κ2) is 7.67. The zero-order valence-corrected chi connectivity index (χ0v) is 16.3. The Bertz CT molecular complexity index is 1100. The van der Waals surface area contributed by atoms with Crippen LogP contribution in [0.2, 0.25) is 0 Å². The number of hydrogen-bond acceptors (Lipinski definition) is 4. The summed E-state index contributed by atoms with van der Waals surface area (Å²) in [6, 6.07) is 12.8. The van der Waals surface area contributed by atoms with E-state index in [2.05, 4.69) is 4.98 Å². The monoisotopic (exact) mass is 408 g/mol. The SMILES string of the molecule is Cc1cccc(C(=O)O)c1-c1cnccc1N1C(=O)CSC1c1ccc(F)cc1. The molecule has 1 aliphatic heterocycles. The molecule has 3 aromatic rings. The molecule has 1 aromatic heterocycles. The fraction of sp³-hybridized carbons (Fsp3) is 0.136. The van der Waals surface area contributed by atoms with E-state index in [1.165, 1.54) is 23.9 Å². The van der Waals surface area contributed by atoms with Gasteiger partial charge in [0.25, 0.3) is 0 Å². The van der Waals surface area contributed by atoms with Crippen molar-refractivity contribution in [2.24, 2.45) is 0 Å². The number of anilines is 1. The average Bonchev–Trinajstić information content (AvgIpc) is 3.09. The molecule has 1 N–H and O–H groups in total. The number of benzene rings is 2. The van der Waals surface area contributed by atoms with Crippen molar-refractivity contribution in [1.29, 1.82) is 0 Å². The number of aryl methyl sites for hydroxylation is 1. The predicted octanol–water partition coefficient (Wildman–Crippen LogP) is 4.67. The number of amides is 1. The van der Waals surface area contributed by atoms with Crippen LogP contribution in [0.3, 0.4) is 0 Å². The summed E-state index contributed by atoms with van der Waals surface area (Å²) in [6.45, 7) is 1.83. The van der Waals surface area contributed by atoms with Gasteiger partial charge in [0.2, 0.25) is 5.91 Å². The van der Waals surface area contributed by atoms with E-state index >= 15 is 0 Å². The molecule has 1 amide bonds. The Kier molecular flexibility index (Phi) is 5.07. The lowest BCUT2D eigenvalue weighted by molar-refractivity contribution is -0.115. The van der Waals surface area contributed by atoms with E-state index in [1.807, 2.05) is 13.0 Å². The third-order valence-electron chi connectivity index (χ3n) is 4.85. The summed E-state index contributed by atoms with van der Waals surface area (Å²) in [4.78, 5) is 30.5.